The predicted octanol–water partition coefficient (Wildman–Crippen LogP) is 2.83. The van der Waals surface area contributed by atoms with E-state index in [-0.39, 0.29) is 31.0 Å². The van der Waals surface area contributed by atoms with Crippen molar-refractivity contribution in [3.63, 3.8) is 0 Å². The highest BCUT2D eigenvalue weighted by molar-refractivity contribution is 6.09. The van der Waals surface area contributed by atoms with Gasteiger partial charge in [-0.1, -0.05) is 60.7 Å². The Morgan fingerprint density at radius 3 is 2.12 bits per heavy atom. The molecule has 2 fully saturated rings. The molecule has 8 nitrogen and oxygen atoms in total. The van der Waals surface area contributed by atoms with E-state index in [9.17, 15) is 23.6 Å². The van der Waals surface area contributed by atoms with Gasteiger partial charge in [-0.2, -0.15) is 0 Å². The van der Waals surface area contributed by atoms with Crippen LogP contribution in [-0.2, 0) is 32.1 Å². The number of imide groups is 1. The third-order valence-electron chi connectivity index (χ3n) is 7.82. The van der Waals surface area contributed by atoms with Gasteiger partial charge in [-0.25, -0.2) is 4.39 Å². The summed E-state index contributed by atoms with van der Waals surface area (Å²) in [5.74, 6) is -4.28. The van der Waals surface area contributed by atoms with Crippen molar-refractivity contribution in [3.05, 3.63) is 107 Å². The first-order valence-corrected chi connectivity index (χ1v) is 13.1. The van der Waals surface area contributed by atoms with Gasteiger partial charge in [-0.15, -0.1) is 0 Å². The summed E-state index contributed by atoms with van der Waals surface area (Å²) in [6, 6.07) is 22.8. The molecule has 9 heteroatoms. The molecule has 2 heterocycles. The van der Waals surface area contributed by atoms with Crippen molar-refractivity contribution >= 4 is 23.7 Å². The van der Waals surface area contributed by atoms with Gasteiger partial charge in [0.15, 0.2) is 0 Å². The molecule has 0 spiro atoms. The van der Waals surface area contributed by atoms with Crippen molar-refractivity contribution in [2.75, 3.05) is 20.7 Å². The molecule has 0 unspecified atom stereocenters. The Morgan fingerprint density at radius 2 is 1.52 bits per heavy atom. The zero-order chi connectivity index (χ0) is 28.4. The summed E-state index contributed by atoms with van der Waals surface area (Å²) in [4.78, 5) is 57.2. The van der Waals surface area contributed by atoms with Gasteiger partial charge in [0.05, 0.1) is 25.5 Å². The molecule has 206 valence electrons. The van der Waals surface area contributed by atoms with Crippen molar-refractivity contribution in [1.29, 1.82) is 0 Å². The number of likely N-dealkylation sites (tertiary alicyclic amines) is 1. The van der Waals surface area contributed by atoms with Crippen LogP contribution in [0.25, 0.3) is 0 Å². The lowest BCUT2D eigenvalue weighted by Crippen LogP contribution is -2.59. The molecular formula is C31H30FN3O5. The SMILES string of the molecule is COC(=O)[C@]1(Cc2ccccc2)N[C@H](CN(C)C(=O)c2ccc(F)cc2)[C@@H]2C(=O)N(Cc3ccccc3)C(=O)[C@@H]21. The predicted molar refractivity (Wildman–Crippen MR) is 144 cm³/mol. The molecule has 3 amide bonds. The highest BCUT2D eigenvalue weighted by Crippen LogP contribution is 2.45. The molecule has 2 aliphatic heterocycles. The highest BCUT2D eigenvalue weighted by Gasteiger charge is 2.68. The van der Waals surface area contributed by atoms with E-state index < -0.39 is 47.0 Å². The van der Waals surface area contributed by atoms with Crippen LogP contribution in [0.4, 0.5) is 4.39 Å². The van der Waals surface area contributed by atoms with Crippen molar-refractivity contribution < 1.29 is 28.3 Å². The zero-order valence-electron chi connectivity index (χ0n) is 22.2. The summed E-state index contributed by atoms with van der Waals surface area (Å²) >= 11 is 0. The number of carbonyl (C=O) groups is 4. The molecule has 3 aromatic rings. The van der Waals surface area contributed by atoms with Crippen LogP contribution < -0.4 is 5.32 Å². The van der Waals surface area contributed by atoms with Gasteiger partial charge >= 0.3 is 5.97 Å². The standard InChI is InChI=1S/C31H30FN3O5/c1-34(27(36)22-13-15-23(32)16-14-22)19-24-25-26(29(38)35(28(25)37)18-21-11-7-4-8-12-21)31(33-24,30(39)40-2)17-20-9-5-3-6-10-20/h3-16,24-26,33H,17-19H2,1-2H3/t24-,25+,26-,31-/m1/s1. The molecule has 1 N–H and O–H groups in total. The van der Waals surface area contributed by atoms with Crippen LogP contribution in [0.15, 0.2) is 84.9 Å². The normalized spacial score (nSPS) is 23.7. The fourth-order valence-corrected chi connectivity index (χ4v) is 5.98. The van der Waals surface area contributed by atoms with Crippen LogP contribution in [0.1, 0.15) is 21.5 Å². The minimum Gasteiger partial charge on any atom is -0.468 e. The first-order valence-electron chi connectivity index (χ1n) is 13.1. The lowest BCUT2D eigenvalue weighted by atomic mass is 9.76. The van der Waals surface area contributed by atoms with Crippen LogP contribution in [0.2, 0.25) is 0 Å². The number of carbonyl (C=O) groups excluding carboxylic acids is 4. The number of esters is 1. The number of nitrogens with zero attached hydrogens (tertiary/aromatic N) is 2. The fraction of sp³-hybridized carbons (Fsp3) is 0.290. The van der Waals surface area contributed by atoms with Gasteiger partial charge < -0.3 is 9.64 Å². The van der Waals surface area contributed by atoms with Gasteiger partial charge in [0.2, 0.25) is 11.8 Å². The Morgan fingerprint density at radius 1 is 0.925 bits per heavy atom. The van der Waals surface area contributed by atoms with E-state index in [0.717, 1.165) is 11.1 Å². The van der Waals surface area contributed by atoms with E-state index in [1.165, 1.54) is 41.2 Å². The van der Waals surface area contributed by atoms with E-state index in [2.05, 4.69) is 5.32 Å². The topological polar surface area (TPSA) is 96.0 Å². The molecule has 3 aromatic carbocycles. The molecule has 0 bridgehead atoms. The Hall–Kier alpha value is -4.37. The minimum absolute atomic E-state index is 0.0309. The van der Waals surface area contributed by atoms with Gasteiger partial charge in [0, 0.05) is 31.6 Å². The van der Waals surface area contributed by atoms with E-state index in [1.54, 1.807) is 7.05 Å². The number of amides is 3. The maximum Gasteiger partial charge on any atom is 0.327 e. The smallest absolute Gasteiger partial charge is 0.327 e. The monoisotopic (exact) mass is 543 g/mol. The zero-order valence-corrected chi connectivity index (χ0v) is 22.2. The lowest BCUT2D eigenvalue weighted by molar-refractivity contribution is -0.154. The minimum atomic E-state index is -1.52. The van der Waals surface area contributed by atoms with Crippen molar-refractivity contribution in [2.45, 2.75) is 24.5 Å². The van der Waals surface area contributed by atoms with Crippen LogP contribution in [0.3, 0.4) is 0 Å². The second-order valence-corrected chi connectivity index (χ2v) is 10.3. The summed E-state index contributed by atoms with van der Waals surface area (Å²) in [5, 5.41) is 3.30. The first kappa shape index (κ1) is 27.2. The summed E-state index contributed by atoms with van der Waals surface area (Å²) in [6.45, 7) is 0.105. The molecule has 0 saturated carbocycles. The molecule has 0 aromatic heterocycles. The summed E-state index contributed by atoms with van der Waals surface area (Å²) in [5.41, 5.74) is 0.325. The Balaban J connectivity index is 1.52. The molecule has 5 rings (SSSR count). The quantitative estimate of drug-likeness (QED) is 0.347. The van der Waals surface area contributed by atoms with Crippen LogP contribution >= 0.6 is 0 Å². The average molecular weight is 544 g/mol. The third-order valence-corrected chi connectivity index (χ3v) is 7.82. The number of fused-ring (bicyclic) bond motifs is 1. The van der Waals surface area contributed by atoms with Gasteiger partial charge in [-0.05, 0) is 35.4 Å². The van der Waals surface area contributed by atoms with Crippen LogP contribution in [-0.4, -0.2) is 65.8 Å². The average Bonchev–Trinajstić information content (AvgIpc) is 3.42. The molecule has 4 atom stereocenters. The number of hydrogen-bond donors (Lipinski definition) is 1. The van der Waals surface area contributed by atoms with Gasteiger partial charge in [-0.3, -0.25) is 29.4 Å². The molecule has 0 aliphatic carbocycles. The van der Waals surface area contributed by atoms with Gasteiger partial charge in [0.25, 0.3) is 5.91 Å². The number of halogens is 1. The number of ether oxygens (including phenoxy) is 1. The second-order valence-electron chi connectivity index (χ2n) is 10.3. The number of nitrogens with one attached hydrogen (secondary N) is 1. The molecule has 40 heavy (non-hydrogen) atoms. The van der Waals surface area contributed by atoms with Crippen LogP contribution in [0, 0.1) is 17.7 Å². The Kier molecular flexibility index (Phi) is 7.49. The number of benzene rings is 3. The number of likely N-dealkylation sites (N-methyl/N-ethyl adjacent to an activating group) is 1. The van der Waals surface area contributed by atoms with Crippen molar-refractivity contribution in [3.8, 4) is 0 Å². The molecule has 0 radical (unpaired) electrons. The lowest BCUT2D eigenvalue weighted by Gasteiger charge is -2.33. The van der Waals surface area contributed by atoms with Gasteiger partial charge in [0.1, 0.15) is 11.4 Å². The second kappa shape index (κ2) is 11.0. The van der Waals surface area contributed by atoms with E-state index in [0.29, 0.717) is 0 Å². The van der Waals surface area contributed by atoms with E-state index in [4.69, 9.17) is 4.74 Å². The third kappa shape index (κ3) is 4.88. The highest BCUT2D eigenvalue weighted by atomic mass is 19.1. The van der Waals surface area contributed by atoms with Crippen LogP contribution in [0.5, 0.6) is 0 Å². The summed E-state index contributed by atoms with van der Waals surface area (Å²) in [6.07, 6.45) is 0.117. The fourth-order valence-electron chi connectivity index (χ4n) is 5.98. The molecular weight excluding hydrogens is 513 g/mol. The largest absolute Gasteiger partial charge is 0.468 e. The van der Waals surface area contributed by atoms with Crippen molar-refractivity contribution in [1.82, 2.24) is 15.1 Å². The maximum absolute atomic E-state index is 14.0. The molecule has 2 saturated heterocycles. The number of rotatable bonds is 8. The Labute approximate surface area is 231 Å². The summed E-state index contributed by atoms with van der Waals surface area (Å²) in [7, 11) is 2.83. The first-order chi connectivity index (χ1) is 19.2. The van der Waals surface area contributed by atoms with E-state index in [1.807, 2.05) is 60.7 Å². The maximum atomic E-state index is 14.0. The summed E-state index contributed by atoms with van der Waals surface area (Å²) < 4.78 is 18.7. The number of methoxy groups -OCH3 is 1. The van der Waals surface area contributed by atoms with E-state index >= 15 is 0 Å². The van der Waals surface area contributed by atoms with Crippen molar-refractivity contribution in [2.24, 2.45) is 11.8 Å². The molecule has 2 aliphatic rings. The Bertz CT molecular complexity index is 1420. The number of hydrogen-bond acceptors (Lipinski definition) is 6.